The van der Waals surface area contributed by atoms with Crippen molar-refractivity contribution >= 4 is 0 Å². The van der Waals surface area contributed by atoms with Crippen molar-refractivity contribution in [2.45, 2.75) is 51.4 Å². The summed E-state index contributed by atoms with van der Waals surface area (Å²) in [4.78, 5) is 0. The molecule has 0 aromatic heterocycles. The molecule has 3 aliphatic rings. The monoisotopic (exact) mass is 412 g/mol. The van der Waals surface area contributed by atoms with Crippen molar-refractivity contribution in [3.8, 4) is 11.5 Å². The Bertz CT molecular complexity index is 736. The molecule has 164 valence electrons. The Morgan fingerprint density at radius 3 is 1.67 bits per heavy atom. The van der Waals surface area contributed by atoms with Crippen molar-refractivity contribution in [1.82, 2.24) is 0 Å². The molecule has 4 atom stereocenters. The minimum atomic E-state index is 0.0531. The third-order valence-corrected chi connectivity index (χ3v) is 7.29. The Morgan fingerprint density at radius 2 is 1.20 bits per heavy atom. The SMILES string of the molecule is CCO.CCO.Oc1ccc(C2(c3ccc(O)cc3)CC3CC2C2CCCC32)cc1. The predicted molar refractivity (Wildman–Crippen MR) is 120 cm³/mol. The highest BCUT2D eigenvalue weighted by Crippen LogP contribution is 2.68. The Morgan fingerprint density at radius 1 is 0.767 bits per heavy atom. The zero-order valence-corrected chi connectivity index (χ0v) is 18.2. The molecule has 0 saturated heterocycles. The highest BCUT2D eigenvalue weighted by atomic mass is 16.3. The first-order chi connectivity index (χ1) is 14.5. The van der Waals surface area contributed by atoms with Gasteiger partial charge in [-0.2, -0.15) is 0 Å². The van der Waals surface area contributed by atoms with Crippen LogP contribution in [0.4, 0.5) is 0 Å². The van der Waals surface area contributed by atoms with Crippen molar-refractivity contribution in [3.63, 3.8) is 0 Å². The molecule has 2 aromatic rings. The van der Waals surface area contributed by atoms with E-state index in [-0.39, 0.29) is 18.6 Å². The summed E-state index contributed by atoms with van der Waals surface area (Å²) >= 11 is 0. The average Bonchev–Trinajstić information content (AvgIpc) is 3.43. The van der Waals surface area contributed by atoms with Crippen LogP contribution in [0.25, 0.3) is 0 Å². The van der Waals surface area contributed by atoms with E-state index in [0.29, 0.717) is 17.4 Å². The lowest BCUT2D eigenvalue weighted by Gasteiger charge is -2.44. The number of aliphatic hydroxyl groups excluding tert-OH is 2. The first kappa shape index (κ1) is 22.6. The molecule has 0 spiro atoms. The fourth-order valence-electron chi connectivity index (χ4n) is 6.49. The number of phenolic OH excluding ortho intramolecular Hbond substituents is 2. The fourth-order valence-corrected chi connectivity index (χ4v) is 6.49. The van der Waals surface area contributed by atoms with Crippen molar-refractivity contribution in [3.05, 3.63) is 59.7 Å². The van der Waals surface area contributed by atoms with Crippen LogP contribution in [0, 0.1) is 23.7 Å². The van der Waals surface area contributed by atoms with E-state index < -0.39 is 0 Å². The van der Waals surface area contributed by atoms with Gasteiger partial charge in [-0.15, -0.1) is 0 Å². The van der Waals surface area contributed by atoms with Crippen molar-refractivity contribution in [2.24, 2.45) is 23.7 Å². The normalized spacial score (nSPS) is 27.5. The van der Waals surface area contributed by atoms with E-state index in [4.69, 9.17) is 10.2 Å². The van der Waals surface area contributed by atoms with E-state index in [1.54, 1.807) is 13.8 Å². The molecule has 5 rings (SSSR count). The molecule has 2 bridgehead atoms. The zero-order chi connectivity index (χ0) is 21.7. The molecule has 4 unspecified atom stereocenters. The van der Waals surface area contributed by atoms with Crippen LogP contribution >= 0.6 is 0 Å². The Balaban J connectivity index is 0.000000385. The lowest BCUT2D eigenvalue weighted by atomic mass is 9.59. The van der Waals surface area contributed by atoms with E-state index in [9.17, 15) is 10.2 Å². The van der Waals surface area contributed by atoms with Gasteiger partial charge in [-0.3, -0.25) is 0 Å². The molecule has 4 heteroatoms. The minimum absolute atomic E-state index is 0.0531. The standard InChI is InChI=1S/C22H24O2.2C2H6O/c23-17-8-4-15(5-9-17)22(16-6-10-18(24)11-7-16)13-14-12-21(22)20-3-1-2-19(14)20;2*1-2-3/h4-11,14,19-21,23-24H,1-3,12-13H2;2*3H,2H2,1H3. The molecule has 0 amide bonds. The van der Waals surface area contributed by atoms with Gasteiger partial charge in [-0.25, -0.2) is 0 Å². The van der Waals surface area contributed by atoms with Crippen LogP contribution < -0.4 is 0 Å². The number of hydrogen-bond acceptors (Lipinski definition) is 4. The molecule has 0 aliphatic heterocycles. The molecule has 4 nitrogen and oxygen atoms in total. The van der Waals surface area contributed by atoms with Crippen LogP contribution in [0.1, 0.15) is 57.1 Å². The fraction of sp³-hybridized carbons (Fsp3) is 0.538. The molecule has 2 aromatic carbocycles. The number of rotatable bonds is 2. The highest BCUT2D eigenvalue weighted by Gasteiger charge is 2.61. The molecule has 3 fully saturated rings. The average molecular weight is 413 g/mol. The lowest BCUT2D eigenvalue weighted by molar-refractivity contribution is 0.181. The van der Waals surface area contributed by atoms with E-state index in [1.807, 2.05) is 24.3 Å². The van der Waals surface area contributed by atoms with Crippen molar-refractivity contribution in [1.29, 1.82) is 0 Å². The van der Waals surface area contributed by atoms with Gasteiger partial charge in [-0.05, 0) is 98.6 Å². The first-order valence-electron chi connectivity index (χ1n) is 11.3. The van der Waals surface area contributed by atoms with Crippen LogP contribution in [0.3, 0.4) is 0 Å². The number of benzene rings is 2. The third kappa shape index (κ3) is 4.08. The summed E-state index contributed by atoms with van der Waals surface area (Å²) in [6.07, 6.45) is 6.76. The van der Waals surface area contributed by atoms with Crippen LogP contribution in [0.5, 0.6) is 11.5 Å². The summed E-state index contributed by atoms with van der Waals surface area (Å²) in [5, 5.41) is 34.6. The predicted octanol–water partition coefficient (Wildman–Crippen LogP) is 4.84. The molecular weight excluding hydrogens is 376 g/mol. The van der Waals surface area contributed by atoms with Gasteiger partial charge in [0.25, 0.3) is 0 Å². The summed E-state index contributed by atoms with van der Waals surface area (Å²) in [5.74, 6) is 4.00. The minimum Gasteiger partial charge on any atom is -0.508 e. The number of fused-ring (bicyclic) bond motifs is 5. The van der Waals surface area contributed by atoms with E-state index >= 15 is 0 Å². The van der Waals surface area contributed by atoms with Gasteiger partial charge in [-0.1, -0.05) is 30.7 Å². The van der Waals surface area contributed by atoms with Gasteiger partial charge in [0.15, 0.2) is 0 Å². The van der Waals surface area contributed by atoms with Gasteiger partial charge < -0.3 is 20.4 Å². The van der Waals surface area contributed by atoms with Crippen molar-refractivity contribution < 1.29 is 20.4 Å². The molecule has 4 N–H and O–H groups in total. The van der Waals surface area contributed by atoms with E-state index in [1.165, 1.54) is 43.2 Å². The van der Waals surface area contributed by atoms with Gasteiger partial charge in [0.2, 0.25) is 0 Å². The van der Waals surface area contributed by atoms with Gasteiger partial charge in [0.05, 0.1) is 0 Å². The number of phenols is 2. The molecular formula is C26H36O4. The van der Waals surface area contributed by atoms with Crippen LogP contribution in [0.15, 0.2) is 48.5 Å². The van der Waals surface area contributed by atoms with Crippen LogP contribution in [-0.4, -0.2) is 33.6 Å². The summed E-state index contributed by atoms with van der Waals surface area (Å²) < 4.78 is 0. The summed E-state index contributed by atoms with van der Waals surface area (Å²) in [6, 6.07) is 15.8. The molecule has 0 heterocycles. The smallest absolute Gasteiger partial charge is 0.115 e. The Hall–Kier alpha value is -2.04. The summed E-state index contributed by atoms with van der Waals surface area (Å²) in [7, 11) is 0. The van der Waals surface area contributed by atoms with Gasteiger partial charge in [0, 0.05) is 18.6 Å². The third-order valence-electron chi connectivity index (χ3n) is 7.29. The highest BCUT2D eigenvalue weighted by molar-refractivity contribution is 5.46. The molecule has 30 heavy (non-hydrogen) atoms. The number of aliphatic hydroxyl groups is 2. The van der Waals surface area contributed by atoms with E-state index in [2.05, 4.69) is 24.3 Å². The maximum atomic E-state index is 9.74. The molecule has 3 aliphatic carbocycles. The summed E-state index contributed by atoms with van der Waals surface area (Å²) in [5.41, 5.74) is 2.73. The second-order valence-electron chi connectivity index (χ2n) is 8.76. The second kappa shape index (κ2) is 9.84. The first-order valence-corrected chi connectivity index (χ1v) is 11.3. The van der Waals surface area contributed by atoms with Gasteiger partial charge >= 0.3 is 0 Å². The van der Waals surface area contributed by atoms with Crippen LogP contribution in [-0.2, 0) is 5.41 Å². The Kier molecular flexibility index (Phi) is 7.43. The molecule has 0 radical (unpaired) electrons. The quantitative estimate of drug-likeness (QED) is 0.569. The van der Waals surface area contributed by atoms with Crippen LogP contribution in [0.2, 0.25) is 0 Å². The number of aromatic hydroxyl groups is 2. The molecule has 3 saturated carbocycles. The van der Waals surface area contributed by atoms with E-state index in [0.717, 1.165) is 17.8 Å². The Labute approximate surface area is 180 Å². The van der Waals surface area contributed by atoms with Gasteiger partial charge in [0.1, 0.15) is 11.5 Å². The number of hydrogen-bond donors (Lipinski definition) is 4. The maximum Gasteiger partial charge on any atom is 0.115 e. The zero-order valence-electron chi connectivity index (χ0n) is 18.2. The topological polar surface area (TPSA) is 80.9 Å². The summed E-state index contributed by atoms with van der Waals surface area (Å²) in [6.45, 7) is 3.86. The lowest BCUT2D eigenvalue weighted by Crippen LogP contribution is -2.40. The second-order valence-corrected chi connectivity index (χ2v) is 8.76. The largest absolute Gasteiger partial charge is 0.508 e. The van der Waals surface area contributed by atoms with Crippen molar-refractivity contribution in [2.75, 3.05) is 13.2 Å². The maximum absolute atomic E-state index is 9.74.